The van der Waals surface area contributed by atoms with E-state index in [1.54, 1.807) is 18.2 Å². The van der Waals surface area contributed by atoms with Gasteiger partial charge in [-0.2, -0.15) is 0 Å². The van der Waals surface area contributed by atoms with E-state index in [1.807, 2.05) is 0 Å². The van der Waals surface area contributed by atoms with E-state index in [1.165, 1.54) is 4.90 Å². The average molecular weight is 341 g/mol. The highest BCUT2D eigenvalue weighted by molar-refractivity contribution is 6.42. The Balaban J connectivity index is 1.48. The number of hydrogen-bond acceptors (Lipinski definition) is 4. The van der Waals surface area contributed by atoms with Crippen molar-refractivity contribution < 1.29 is 14.3 Å². The van der Waals surface area contributed by atoms with Gasteiger partial charge in [0.2, 0.25) is 11.8 Å². The van der Waals surface area contributed by atoms with E-state index < -0.39 is 0 Å². The number of nitrogens with zero attached hydrogens (tertiary/aromatic N) is 1. The van der Waals surface area contributed by atoms with Crippen LogP contribution >= 0.6 is 23.2 Å². The van der Waals surface area contributed by atoms with Crippen molar-refractivity contribution in [1.29, 1.82) is 0 Å². The first kappa shape index (κ1) is 14.3. The van der Waals surface area contributed by atoms with Gasteiger partial charge < -0.3 is 10.1 Å². The zero-order chi connectivity index (χ0) is 15.4. The third kappa shape index (κ3) is 2.03. The van der Waals surface area contributed by atoms with Gasteiger partial charge in [0, 0.05) is 5.69 Å². The number of benzene rings is 1. The average Bonchev–Trinajstić information content (AvgIpc) is 3.16. The van der Waals surface area contributed by atoms with Crippen molar-refractivity contribution in [3.63, 3.8) is 0 Å². The molecule has 0 saturated carbocycles. The largest absolute Gasteiger partial charge is 0.373 e. The van der Waals surface area contributed by atoms with E-state index in [9.17, 15) is 9.59 Å². The molecule has 0 aromatic heterocycles. The highest BCUT2D eigenvalue weighted by Crippen LogP contribution is 2.48. The maximum atomic E-state index is 12.5. The van der Waals surface area contributed by atoms with Crippen molar-refractivity contribution in [2.45, 2.75) is 25.0 Å². The molecule has 22 heavy (non-hydrogen) atoms. The van der Waals surface area contributed by atoms with E-state index in [2.05, 4.69) is 5.32 Å². The predicted molar refractivity (Wildman–Crippen MR) is 81.7 cm³/mol. The molecule has 1 aromatic carbocycles. The molecule has 116 valence electrons. The van der Waals surface area contributed by atoms with Gasteiger partial charge in [-0.15, -0.1) is 0 Å². The first-order valence-electron chi connectivity index (χ1n) is 7.26. The van der Waals surface area contributed by atoms with E-state index in [4.69, 9.17) is 27.9 Å². The number of halogens is 2. The Morgan fingerprint density at radius 3 is 2.32 bits per heavy atom. The minimum atomic E-state index is -0.290. The number of carbonyl (C=O) groups is 2. The first-order chi connectivity index (χ1) is 10.6. The van der Waals surface area contributed by atoms with Gasteiger partial charge in [0.25, 0.3) is 0 Å². The predicted octanol–water partition coefficient (Wildman–Crippen LogP) is 2.53. The molecule has 2 bridgehead atoms. The summed E-state index contributed by atoms with van der Waals surface area (Å²) < 4.78 is 5.70. The van der Waals surface area contributed by atoms with Crippen LogP contribution in [0.15, 0.2) is 18.2 Å². The molecule has 0 radical (unpaired) electrons. The van der Waals surface area contributed by atoms with Crippen molar-refractivity contribution in [1.82, 2.24) is 4.90 Å². The lowest BCUT2D eigenvalue weighted by Gasteiger charge is -2.18. The van der Waals surface area contributed by atoms with Crippen LogP contribution in [0.1, 0.15) is 12.8 Å². The Bertz CT molecular complexity index is 638. The first-order valence-corrected chi connectivity index (χ1v) is 8.01. The summed E-state index contributed by atoms with van der Waals surface area (Å²) in [6.07, 6.45) is 1.58. The van der Waals surface area contributed by atoms with Crippen molar-refractivity contribution >= 4 is 40.7 Å². The summed E-state index contributed by atoms with van der Waals surface area (Å²) in [7, 11) is 0. The van der Waals surface area contributed by atoms with Crippen LogP contribution in [-0.4, -0.2) is 35.6 Å². The maximum absolute atomic E-state index is 12.5. The Morgan fingerprint density at radius 1 is 1.09 bits per heavy atom. The number of hydrogen-bond donors (Lipinski definition) is 1. The minimum absolute atomic E-state index is 0.0820. The normalized spacial score (nSPS) is 32.7. The fourth-order valence-electron chi connectivity index (χ4n) is 3.71. The van der Waals surface area contributed by atoms with Crippen LogP contribution in [0.5, 0.6) is 0 Å². The van der Waals surface area contributed by atoms with Crippen LogP contribution in [0, 0.1) is 11.8 Å². The molecule has 0 aliphatic carbocycles. The number of carbonyl (C=O) groups excluding carboxylic acids is 2. The quantitative estimate of drug-likeness (QED) is 0.859. The Kier molecular flexibility index (Phi) is 3.33. The smallest absolute Gasteiger partial charge is 0.237 e. The molecule has 0 spiro atoms. The fraction of sp³-hybridized carbons (Fsp3) is 0.467. The van der Waals surface area contributed by atoms with Crippen LogP contribution in [0.4, 0.5) is 5.69 Å². The van der Waals surface area contributed by atoms with E-state index in [-0.39, 0.29) is 42.5 Å². The Morgan fingerprint density at radius 2 is 1.73 bits per heavy atom. The number of ether oxygens (including phenoxy) is 1. The summed E-state index contributed by atoms with van der Waals surface area (Å²) in [5.41, 5.74) is 0.714. The van der Waals surface area contributed by atoms with E-state index >= 15 is 0 Å². The minimum Gasteiger partial charge on any atom is -0.373 e. The van der Waals surface area contributed by atoms with Crippen LogP contribution in [0.3, 0.4) is 0 Å². The van der Waals surface area contributed by atoms with Crippen LogP contribution in [0.2, 0.25) is 10.0 Å². The molecular formula is C15H14Cl2N2O3. The van der Waals surface area contributed by atoms with Crippen LogP contribution < -0.4 is 5.32 Å². The molecule has 3 fully saturated rings. The number of fused-ring (bicyclic) bond motifs is 5. The lowest BCUT2D eigenvalue weighted by molar-refractivity contribution is -0.142. The monoisotopic (exact) mass is 340 g/mol. The summed E-state index contributed by atoms with van der Waals surface area (Å²) in [5, 5.41) is 3.94. The van der Waals surface area contributed by atoms with E-state index in [0.29, 0.717) is 15.7 Å². The van der Waals surface area contributed by atoms with Gasteiger partial charge in [-0.1, -0.05) is 23.2 Å². The van der Waals surface area contributed by atoms with Crippen molar-refractivity contribution in [3.05, 3.63) is 28.2 Å². The molecule has 1 N–H and O–H groups in total. The molecule has 3 aliphatic heterocycles. The number of nitrogens with one attached hydrogen (secondary N) is 1. The standard InChI is InChI=1S/C15H14Cl2N2O3/c16-8-2-1-7(5-9(8)17)18-6-19-14(20)12-10-3-4-11(22-10)13(12)15(19)21/h1-2,5,10-13,18H,3-4,6H2/t10-,11-,12+,13+/m1/s1. The van der Waals surface area contributed by atoms with Crippen molar-refractivity contribution in [3.8, 4) is 0 Å². The second-order valence-corrected chi connectivity index (χ2v) is 6.72. The molecular weight excluding hydrogens is 327 g/mol. The fourth-order valence-corrected chi connectivity index (χ4v) is 4.00. The molecule has 3 heterocycles. The van der Waals surface area contributed by atoms with Gasteiger partial charge in [0.15, 0.2) is 0 Å². The van der Waals surface area contributed by atoms with Gasteiger partial charge in [0.1, 0.15) is 0 Å². The summed E-state index contributed by atoms with van der Waals surface area (Å²) in [5.74, 6) is -0.840. The summed E-state index contributed by atoms with van der Waals surface area (Å²) in [4.78, 5) is 26.2. The van der Waals surface area contributed by atoms with Gasteiger partial charge >= 0.3 is 0 Å². The van der Waals surface area contributed by atoms with Crippen LogP contribution in [-0.2, 0) is 14.3 Å². The highest BCUT2D eigenvalue weighted by Gasteiger charge is 2.62. The lowest BCUT2D eigenvalue weighted by atomic mass is 9.81. The number of anilines is 1. The molecule has 7 heteroatoms. The Hall–Kier alpha value is -1.30. The van der Waals surface area contributed by atoms with Gasteiger partial charge in [0.05, 0.1) is 40.8 Å². The summed E-state index contributed by atoms with van der Waals surface area (Å²) in [6.45, 7) is 0.141. The SMILES string of the molecule is O=C1[C@@H]2[C@@H](C(=O)N1CNc1ccc(Cl)c(Cl)c1)[C@H]1CC[C@H]2O1. The molecule has 0 unspecified atom stereocenters. The van der Waals surface area contributed by atoms with Crippen LogP contribution in [0.25, 0.3) is 0 Å². The topological polar surface area (TPSA) is 58.6 Å². The molecule has 5 nitrogen and oxygen atoms in total. The lowest BCUT2D eigenvalue weighted by Crippen LogP contribution is -2.38. The molecule has 4 rings (SSSR count). The Labute approximate surface area is 137 Å². The molecule has 3 aliphatic rings. The molecule has 4 atom stereocenters. The summed E-state index contributed by atoms with van der Waals surface area (Å²) in [6, 6.07) is 5.10. The number of amides is 2. The van der Waals surface area contributed by atoms with Gasteiger partial charge in [-0.3, -0.25) is 14.5 Å². The molecule has 1 aromatic rings. The molecule has 3 saturated heterocycles. The number of likely N-dealkylation sites (tertiary alicyclic amines) is 1. The highest BCUT2D eigenvalue weighted by atomic mass is 35.5. The van der Waals surface area contributed by atoms with E-state index in [0.717, 1.165) is 12.8 Å². The van der Waals surface area contributed by atoms with Crippen molar-refractivity contribution in [2.75, 3.05) is 12.0 Å². The number of rotatable bonds is 3. The second kappa shape index (κ2) is 5.11. The summed E-state index contributed by atoms with van der Waals surface area (Å²) >= 11 is 11.8. The number of imide groups is 1. The molecule has 2 amide bonds. The zero-order valence-corrected chi connectivity index (χ0v) is 13.1. The van der Waals surface area contributed by atoms with Crippen molar-refractivity contribution in [2.24, 2.45) is 11.8 Å². The maximum Gasteiger partial charge on any atom is 0.237 e. The zero-order valence-electron chi connectivity index (χ0n) is 11.6. The van der Waals surface area contributed by atoms with Gasteiger partial charge in [-0.25, -0.2) is 0 Å². The third-order valence-corrected chi connectivity index (χ3v) is 5.48. The second-order valence-electron chi connectivity index (χ2n) is 5.91. The third-order valence-electron chi connectivity index (χ3n) is 4.74. The van der Waals surface area contributed by atoms with Gasteiger partial charge in [-0.05, 0) is 31.0 Å².